The van der Waals surface area contributed by atoms with Crippen LogP contribution in [0.3, 0.4) is 0 Å². The van der Waals surface area contributed by atoms with Crippen molar-refractivity contribution in [3.63, 3.8) is 0 Å². The van der Waals surface area contributed by atoms with Crippen molar-refractivity contribution in [2.24, 2.45) is 5.92 Å². The molecule has 1 amide bonds. The molecule has 0 saturated heterocycles. The molecular formula is C16H15NOS. The molecule has 1 aromatic carbocycles. The normalized spacial score (nSPS) is 29.2. The number of nitrogens with zero attached hydrogens (tertiary/aromatic N) is 1. The van der Waals surface area contributed by atoms with E-state index in [1.165, 1.54) is 0 Å². The van der Waals surface area contributed by atoms with Gasteiger partial charge in [0, 0.05) is 23.4 Å². The van der Waals surface area contributed by atoms with Crippen LogP contribution in [0.1, 0.15) is 0 Å². The number of amides is 1. The molecule has 0 radical (unpaired) electrons. The van der Waals surface area contributed by atoms with Crippen molar-refractivity contribution in [2.75, 3.05) is 10.7 Å². The zero-order valence-electron chi connectivity index (χ0n) is 10.5. The lowest BCUT2D eigenvalue weighted by Crippen LogP contribution is -2.49. The van der Waals surface area contributed by atoms with E-state index in [4.69, 9.17) is 0 Å². The molecule has 2 nitrogen and oxygen atoms in total. The van der Waals surface area contributed by atoms with Crippen molar-refractivity contribution in [3.8, 4) is 0 Å². The van der Waals surface area contributed by atoms with E-state index >= 15 is 0 Å². The maximum Gasteiger partial charge on any atom is 0.252 e. The van der Waals surface area contributed by atoms with E-state index in [9.17, 15) is 4.79 Å². The van der Waals surface area contributed by atoms with E-state index in [0.717, 1.165) is 11.4 Å². The average Bonchev–Trinajstić information content (AvgIpc) is 2.78. The van der Waals surface area contributed by atoms with E-state index < -0.39 is 0 Å². The minimum atomic E-state index is -0.352. The number of para-hydroxylation sites is 1. The number of benzene rings is 1. The monoisotopic (exact) mass is 269 g/mol. The second kappa shape index (κ2) is 4.74. The SMILES string of the molecule is C=C[C@H]1C=CCS[C@@]12C=CC(=O)N2c1ccccc1. The second-order valence-electron chi connectivity index (χ2n) is 4.60. The van der Waals surface area contributed by atoms with Crippen LogP contribution in [0, 0.1) is 5.92 Å². The molecule has 0 bridgehead atoms. The Kier molecular flexibility index (Phi) is 3.07. The minimum absolute atomic E-state index is 0.0425. The van der Waals surface area contributed by atoms with E-state index in [-0.39, 0.29) is 16.7 Å². The first-order chi connectivity index (χ1) is 9.28. The first-order valence-corrected chi connectivity index (χ1v) is 7.28. The summed E-state index contributed by atoms with van der Waals surface area (Å²) < 4.78 is 0. The fraction of sp³-hybridized carbons (Fsp3) is 0.188. The van der Waals surface area contributed by atoms with Crippen LogP contribution in [0.4, 0.5) is 5.69 Å². The molecule has 1 spiro atoms. The fourth-order valence-electron chi connectivity index (χ4n) is 2.66. The molecular weight excluding hydrogens is 254 g/mol. The molecule has 0 unspecified atom stereocenters. The second-order valence-corrected chi connectivity index (χ2v) is 5.87. The molecule has 19 heavy (non-hydrogen) atoms. The molecule has 0 aliphatic carbocycles. The van der Waals surface area contributed by atoms with Crippen molar-refractivity contribution in [2.45, 2.75) is 4.87 Å². The van der Waals surface area contributed by atoms with Crippen molar-refractivity contribution >= 4 is 23.4 Å². The number of anilines is 1. The molecule has 2 aliphatic heterocycles. The van der Waals surface area contributed by atoms with Crippen LogP contribution in [0.25, 0.3) is 0 Å². The fourth-order valence-corrected chi connectivity index (χ4v) is 3.99. The van der Waals surface area contributed by atoms with Crippen LogP contribution in [0.2, 0.25) is 0 Å². The Morgan fingerprint density at radius 2 is 2.16 bits per heavy atom. The van der Waals surface area contributed by atoms with Gasteiger partial charge in [-0.25, -0.2) is 0 Å². The van der Waals surface area contributed by atoms with Gasteiger partial charge >= 0.3 is 0 Å². The summed E-state index contributed by atoms with van der Waals surface area (Å²) in [5.41, 5.74) is 0.937. The molecule has 0 N–H and O–H groups in total. The zero-order chi connectivity index (χ0) is 13.3. The maximum absolute atomic E-state index is 12.3. The van der Waals surface area contributed by atoms with Crippen LogP contribution in [-0.2, 0) is 4.79 Å². The third-order valence-electron chi connectivity index (χ3n) is 3.53. The highest BCUT2D eigenvalue weighted by atomic mass is 32.2. The number of carbonyl (C=O) groups is 1. The van der Waals surface area contributed by atoms with Gasteiger partial charge in [0.2, 0.25) is 0 Å². The Bertz CT molecular complexity index is 563. The van der Waals surface area contributed by atoms with Gasteiger partial charge in [-0.1, -0.05) is 36.4 Å². The van der Waals surface area contributed by atoms with Gasteiger partial charge in [0.1, 0.15) is 4.87 Å². The first kappa shape index (κ1) is 12.3. The van der Waals surface area contributed by atoms with E-state index in [1.54, 1.807) is 17.8 Å². The lowest BCUT2D eigenvalue weighted by atomic mass is 9.97. The zero-order valence-corrected chi connectivity index (χ0v) is 11.3. The van der Waals surface area contributed by atoms with Crippen molar-refractivity contribution in [1.82, 2.24) is 0 Å². The van der Waals surface area contributed by atoms with Gasteiger partial charge in [-0.05, 0) is 18.2 Å². The van der Waals surface area contributed by atoms with Gasteiger partial charge in [0.05, 0.1) is 0 Å². The van der Waals surface area contributed by atoms with Gasteiger partial charge in [-0.3, -0.25) is 9.69 Å². The number of carbonyl (C=O) groups excluding carboxylic acids is 1. The van der Waals surface area contributed by atoms with Crippen LogP contribution < -0.4 is 4.90 Å². The van der Waals surface area contributed by atoms with E-state index in [0.29, 0.717) is 0 Å². The van der Waals surface area contributed by atoms with Crippen LogP contribution in [-0.4, -0.2) is 16.5 Å². The minimum Gasteiger partial charge on any atom is -0.289 e. The predicted octanol–water partition coefficient (Wildman–Crippen LogP) is 3.39. The van der Waals surface area contributed by atoms with Crippen LogP contribution >= 0.6 is 11.8 Å². The smallest absolute Gasteiger partial charge is 0.252 e. The molecule has 2 aliphatic rings. The lowest BCUT2D eigenvalue weighted by Gasteiger charge is -2.42. The molecule has 3 rings (SSSR count). The molecule has 2 heterocycles. The Morgan fingerprint density at radius 1 is 1.37 bits per heavy atom. The summed E-state index contributed by atoms with van der Waals surface area (Å²) in [6.07, 6.45) is 9.89. The topological polar surface area (TPSA) is 20.3 Å². The first-order valence-electron chi connectivity index (χ1n) is 6.29. The molecule has 3 heteroatoms. The molecule has 0 saturated carbocycles. The summed E-state index contributed by atoms with van der Waals surface area (Å²) in [6.45, 7) is 3.92. The third kappa shape index (κ3) is 1.85. The highest BCUT2D eigenvalue weighted by Gasteiger charge is 2.47. The summed E-state index contributed by atoms with van der Waals surface area (Å²) in [5.74, 6) is 1.08. The number of thioether (sulfide) groups is 1. The summed E-state index contributed by atoms with van der Waals surface area (Å²) >= 11 is 1.77. The van der Waals surface area contributed by atoms with Crippen molar-refractivity contribution in [1.29, 1.82) is 0 Å². The van der Waals surface area contributed by atoms with Crippen molar-refractivity contribution < 1.29 is 4.79 Å². The maximum atomic E-state index is 12.3. The van der Waals surface area contributed by atoms with Gasteiger partial charge in [0.15, 0.2) is 0 Å². The summed E-state index contributed by atoms with van der Waals surface area (Å²) in [6, 6.07) is 9.84. The Morgan fingerprint density at radius 3 is 2.89 bits per heavy atom. The molecule has 2 atom stereocenters. The summed E-state index contributed by atoms with van der Waals surface area (Å²) in [5, 5.41) is 0. The molecule has 1 aromatic rings. The Balaban J connectivity index is 2.09. The van der Waals surface area contributed by atoms with Crippen LogP contribution in [0.5, 0.6) is 0 Å². The number of hydrogen-bond donors (Lipinski definition) is 0. The lowest BCUT2D eigenvalue weighted by molar-refractivity contribution is -0.114. The van der Waals surface area contributed by atoms with Crippen LogP contribution in [0.15, 0.2) is 67.3 Å². The quantitative estimate of drug-likeness (QED) is 0.767. The summed E-state index contributed by atoms with van der Waals surface area (Å²) in [7, 11) is 0. The summed E-state index contributed by atoms with van der Waals surface area (Å²) in [4.78, 5) is 13.8. The largest absolute Gasteiger partial charge is 0.289 e. The highest BCUT2D eigenvalue weighted by Crippen LogP contribution is 2.47. The van der Waals surface area contributed by atoms with Gasteiger partial charge < -0.3 is 0 Å². The predicted molar refractivity (Wildman–Crippen MR) is 81.1 cm³/mol. The molecule has 0 fully saturated rings. The third-order valence-corrected chi connectivity index (χ3v) is 4.95. The highest BCUT2D eigenvalue weighted by molar-refractivity contribution is 8.01. The van der Waals surface area contributed by atoms with Gasteiger partial charge in [-0.2, -0.15) is 0 Å². The Labute approximate surface area is 117 Å². The molecule has 96 valence electrons. The number of hydrogen-bond acceptors (Lipinski definition) is 2. The molecule has 0 aromatic heterocycles. The van der Waals surface area contributed by atoms with Gasteiger partial charge in [0.25, 0.3) is 5.91 Å². The number of rotatable bonds is 2. The van der Waals surface area contributed by atoms with E-state index in [2.05, 4.69) is 18.7 Å². The van der Waals surface area contributed by atoms with E-state index in [1.807, 2.05) is 47.4 Å². The van der Waals surface area contributed by atoms with Crippen molar-refractivity contribution in [3.05, 3.63) is 67.3 Å². The standard InChI is InChI=1S/C16H15NOS/c1-2-13-7-6-12-19-16(13)11-10-15(18)17(16)14-8-4-3-5-9-14/h2-11,13H,1,12H2/t13-,16-/m0/s1. The van der Waals surface area contributed by atoms with Gasteiger partial charge in [-0.15, -0.1) is 18.3 Å². The average molecular weight is 269 g/mol. The Hall–Kier alpha value is -1.74.